The molecule has 6 nitrogen and oxygen atoms in total. The van der Waals surface area contributed by atoms with E-state index in [0.717, 1.165) is 6.54 Å². The van der Waals surface area contributed by atoms with Gasteiger partial charge < -0.3 is 10.6 Å². The molecule has 0 heterocycles. The third kappa shape index (κ3) is 4.99. The molecule has 0 radical (unpaired) electrons. The van der Waals surface area contributed by atoms with E-state index in [-0.39, 0.29) is 6.04 Å². The molecule has 2 N–H and O–H groups in total. The van der Waals surface area contributed by atoms with Gasteiger partial charge in [0.1, 0.15) is 0 Å². The van der Waals surface area contributed by atoms with Crippen LogP contribution in [0.15, 0.2) is 34.2 Å². The second kappa shape index (κ2) is 8.14. The fourth-order valence-electron chi connectivity index (χ4n) is 1.84. The molecule has 0 spiro atoms. The van der Waals surface area contributed by atoms with Crippen molar-refractivity contribution in [1.82, 2.24) is 14.9 Å². The minimum absolute atomic E-state index is 0.249. The molecule has 0 fully saturated rings. The Morgan fingerprint density at radius 1 is 1.27 bits per heavy atom. The number of nitrogens with zero attached hydrogens (tertiary/aromatic N) is 2. The average Bonchev–Trinajstić information content (AvgIpc) is 2.44. The number of benzene rings is 1. The molecule has 0 bridgehead atoms. The summed E-state index contributed by atoms with van der Waals surface area (Å²) in [5, 5.41) is 6.36. The van der Waals surface area contributed by atoms with Gasteiger partial charge in [0.15, 0.2) is 5.96 Å². The standard InChI is InChI=1S/C15H26N4O2S/c1-6-16-15(18-12(2)3)17-11-13-9-7-8-10-14(13)22(20,21)19(4)5/h7-10,12H,6,11H2,1-5H3,(H2,16,17,18). The minimum atomic E-state index is -3.47. The lowest BCUT2D eigenvalue weighted by Gasteiger charge is -2.16. The number of aliphatic imine (C=N–C) groups is 1. The molecule has 22 heavy (non-hydrogen) atoms. The van der Waals surface area contributed by atoms with Crippen LogP contribution >= 0.6 is 0 Å². The van der Waals surface area contributed by atoms with E-state index in [1.165, 1.54) is 18.4 Å². The van der Waals surface area contributed by atoms with Crippen LogP contribution in [0.5, 0.6) is 0 Å². The number of nitrogens with one attached hydrogen (secondary N) is 2. The predicted octanol–water partition coefficient (Wildman–Crippen LogP) is 1.40. The van der Waals surface area contributed by atoms with E-state index in [4.69, 9.17) is 0 Å². The van der Waals surface area contributed by atoms with E-state index in [2.05, 4.69) is 15.6 Å². The van der Waals surface area contributed by atoms with Crippen molar-refractivity contribution in [2.75, 3.05) is 20.6 Å². The van der Waals surface area contributed by atoms with E-state index in [1.54, 1.807) is 18.2 Å². The van der Waals surface area contributed by atoms with Crippen LogP contribution in [-0.2, 0) is 16.6 Å². The van der Waals surface area contributed by atoms with Crippen LogP contribution in [0.1, 0.15) is 26.3 Å². The molecule has 0 saturated heterocycles. The molecule has 0 aromatic heterocycles. The first kappa shape index (κ1) is 18.4. The van der Waals surface area contributed by atoms with Crippen molar-refractivity contribution in [3.63, 3.8) is 0 Å². The maximum Gasteiger partial charge on any atom is 0.242 e. The highest BCUT2D eigenvalue weighted by Gasteiger charge is 2.20. The van der Waals surface area contributed by atoms with Gasteiger partial charge in [-0.2, -0.15) is 0 Å². The lowest BCUT2D eigenvalue weighted by Crippen LogP contribution is -2.41. The van der Waals surface area contributed by atoms with Crippen molar-refractivity contribution in [2.24, 2.45) is 4.99 Å². The van der Waals surface area contributed by atoms with Crippen molar-refractivity contribution in [3.05, 3.63) is 29.8 Å². The average molecular weight is 326 g/mol. The summed E-state index contributed by atoms with van der Waals surface area (Å²) in [6, 6.07) is 7.20. The third-order valence-corrected chi connectivity index (χ3v) is 4.82. The van der Waals surface area contributed by atoms with Crippen LogP contribution < -0.4 is 10.6 Å². The van der Waals surface area contributed by atoms with Gasteiger partial charge in [-0.05, 0) is 32.4 Å². The SMILES string of the molecule is CCNC(=NCc1ccccc1S(=O)(=O)N(C)C)NC(C)C. The summed E-state index contributed by atoms with van der Waals surface area (Å²) in [5.41, 5.74) is 0.678. The first-order valence-corrected chi connectivity index (χ1v) is 8.78. The minimum Gasteiger partial charge on any atom is -0.357 e. The molecule has 0 aliphatic carbocycles. The fourth-order valence-corrected chi connectivity index (χ4v) is 2.95. The Hall–Kier alpha value is -1.60. The smallest absolute Gasteiger partial charge is 0.242 e. The monoisotopic (exact) mass is 326 g/mol. The normalized spacial score (nSPS) is 12.8. The Balaban J connectivity index is 3.08. The summed E-state index contributed by atoms with van der Waals surface area (Å²) in [5.74, 6) is 0.676. The van der Waals surface area contributed by atoms with Crippen molar-refractivity contribution >= 4 is 16.0 Å². The van der Waals surface area contributed by atoms with Crippen molar-refractivity contribution < 1.29 is 8.42 Å². The van der Waals surface area contributed by atoms with Crippen LogP contribution in [0, 0.1) is 0 Å². The van der Waals surface area contributed by atoms with E-state index in [1.807, 2.05) is 26.8 Å². The predicted molar refractivity (Wildman–Crippen MR) is 90.4 cm³/mol. The highest BCUT2D eigenvalue weighted by Crippen LogP contribution is 2.19. The molecule has 0 aliphatic heterocycles. The lowest BCUT2D eigenvalue weighted by molar-refractivity contribution is 0.519. The first-order valence-electron chi connectivity index (χ1n) is 7.34. The van der Waals surface area contributed by atoms with Crippen LogP contribution in [0.4, 0.5) is 0 Å². The van der Waals surface area contributed by atoms with Crippen molar-refractivity contribution in [3.8, 4) is 0 Å². The zero-order valence-electron chi connectivity index (χ0n) is 13.9. The summed E-state index contributed by atoms with van der Waals surface area (Å²) in [7, 11) is -0.412. The van der Waals surface area contributed by atoms with Gasteiger partial charge >= 0.3 is 0 Å². The van der Waals surface area contributed by atoms with Crippen LogP contribution in [0.3, 0.4) is 0 Å². The molecular formula is C15H26N4O2S. The Kier molecular flexibility index (Phi) is 6.83. The fraction of sp³-hybridized carbons (Fsp3) is 0.533. The van der Waals surface area contributed by atoms with Gasteiger partial charge in [0, 0.05) is 26.7 Å². The quantitative estimate of drug-likeness (QED) is 0.612. The van der Waals surface area contributed by atoms with Crippen molar-refractivity contribution in [1.29, 1.82) is 0 Å². The maximum absolute atomic E-state index is 12.3. The maximum atomic E-state index is 12.3. The molecule has 7 heteroatoms. The molecule has 0 unspecified atom stereocenters. The van der Waals surface area contributed by atoms with Gasteiger partial charge in [-0.1, -0.05) is 18.2 Å². The number of guanidine groups is 1. The zero-order chi connectivity index (χ0) is 16.8. The molecule has 1 rings (SSSR count). The summed E-state index contributed by atoms with van der Waals surface area (Å²) in [4.78, 5) is 4.76. The van der Waals surface area contributed by atoms with E-state index >= 15 is 0 Å². The number of hydrogen-bond donors (Lipinski definition) is 2. The Morgan fingerprint density at radius 2 is 1.91 bits per heavy atom. The number of hydrogen-bond acceptors (Lipinski definition) is 3. The highest BCUT2D eigenvalue weighted by atomic mass is 32.2. The van der Waals surface area contributed by atoms with Gasteiger partial charge in [-0.15, -0.1) is 0 Å². The summed E-state index contributed by atoms with van der Waals surface area (Å²) in [6.45, 7) is 7.08. The second-order valence-electron chi connectivity index (χ2n) is 5.39. The van der Waals surface area contributed by atoms with Crippen molar-refractivity contribution in [2.45, 2.75) is 38.3 Å². The molecular weight excluding hydrogens is 300 g/mol. The van der Waals surface area contributed by atoms with Gasteiger partial charge in [-0.3, -0.25) is 0 Å². The largest absolute Gasteiger partial charge is 0.357 e. The Labute approximate surface area is 133 Å². The van der Waals surface area contributed by atoms with E-state index in [0.29, 0.717) is 23.0 Å². The Morgan fingerprint density at radius 3 is 2.45 bits per heavy atom. The topological polar surface area (TPSA) is 73.8 Å². The summed E-state index contributed by atoms with van der Waals surface area (Å²) in [6.07, 6.45) is 0. The van der Waals surface area contributed by atoms with Crippen LogP contribution in [0.25, 0.3) is 0 Å². The van der Waals surface area contributed by atoms with Gasteiger partial charge in [0.05, 0.1) is 11.4 Å². The first-order chi connectivity index (χ1) is 10.3. The van der Waals surface area contributed by atoms with E-state index in [9.17, 15) is 8.42 Å². The van der Waals surface area contributed by atoms with E-state index < -0.39 is 10.0 Å². The molecule has 1 aromatic rings. The van der Waals surface area contributed by atoms with Gasteiger partial charge in [-0.25, -0.2) is 17.7 Å². The molecule has 1 aromatic carbocycles. The Bertz CT molecular complexity index is 610. The van der Waals surface area contributed by atoms with Crippen LogP contribution in [-0.4, -0.2) is 45.4 Å². The van der Waals surface area contributed by atoms with Gasteiger partial charge in [0.25, 0.3) is 0 Å². The second-order valence-corrected chi connectivity index (χ2v) is 7.51. The van der Waals surface area contributed by atoms with Gasteiger partial charge in [0.2, 0.25) is 10.0 Å². The van der Waals surface area contributed by atoms with Crippen LogP contribution in [0.2, 0.25) is 0 Å². The molecule has 124 valence electrons. The highest BCUT2D eigenvalue weighted by molar-refractivity contribution is 7.89. The summed E-state index contributed by atoms with van der Waals surface area (Å²) >= 11 is 0. The molecule has 0 atom stereocenters. The lowest BCUT2D eigenvalue weighted by atomic mass is 10.2. The zero-order valence-corrected chi connectivity index (χ0v) is 14.7. The number of rotatable bonds is 6. The molecule has 0 aliphatic rings. The number of sulfonamides is 1. The molecule has 0 saturated carbocycles. The summed E-state index contributed by atoms with van der Waals surface area (Å²) < 4.78 is 25.9. The molecule has 0 amide bonds. The third-order valence-electron chi connectivity index (χ3n) is 2.91.